The van der Waals surface area contributed by atoms with E-state index in [0.717, 1.165) is 33.9 Å². The first-order valence-electron chi connectivity index (χ1n) is 10.0. The molecule has 3 rings (SSSR count). The first-order chi connectivity index (χ1) is 15.1. The first kappa shape index (κ1) is 21.9. The summed E-state index contributed by atoms with van der Waals surface area (Å²) in [5, 5.41) is 4.07. The molecule has 6 heteroatoms. The van der Waals surface area contributed by atoms with E-state index in [1.165, 1.54) is 7.11 Å². The van der Waals surface area contributed by atoms with Crippen molar-refractivity contribution in [1.29, 1.82) is 0 Å². The third-order valence-electron chi connectivity index (χ3n) is 4.60. The molecule has 0 aliphatic heterocycles. The normalized spacial score (nSPS) is 11.1. The zero-order valence-electron chi connectivity index (χ0n) is 17.5. The lowest BCUT2D eigenvalue weighted by Crippen LogP contribution is -2.13. The van der Waals surface area contributed by atoms with Gasteiger partial charge in [0.15, 0.2) is 0 Å². The largest absolute Gasteiger partial charge is 0.489 e. The molecule has 0 aliphatic carbocycles. The zero-order valence-corrected chi connectivity index (χ0v) is 17.5. The average Bonchev–Trinajstić information content (AvgIpc) is 2.81. The van der Waals surface area contributed by atoms with Gasteiger partial charge in [-0.15, -0.1) is 0 Å². The Balaban J connectivity index is 1.50. The Bertz CT molecular complexity index is 984. The van der Waals surface area contributed by atoms with Crippen LogP contribution in [-0.4, -0.2) is 25.3 Å². The van der Waals surface area contributed by atoms with Crippen LogP contribution in [0, 0.1) is 0 Å². The summed E-state index contributed by atoms with van der Waals surface area (Å²) in [6.07, 6.45) is 0.983. The lowest BCUT2D eigenvalue weighted by atomic mass is 10.1. The summed E-state index contributed by atoms with van der Waals surface area (Å²) in [5.74, 6) is 1.21. The summed E-state index contributed by atoms with van der Waals surface area (Å²) in [7, 11) is 1.52. The molecule has 3 aromatic carbocycles. The summed E-state index contributed by atoms with van der Waals surface area (Å²) in [5.41, 5.74) is 8.94. The van der Waals surface area contributed by atoms with Crippen LogP contribution < -0.4 is 15.2 Å². The first-order valence-corrected chi connectivity index (χ1v) is 10.0. The predicted octanol–water partition coefficient (Wildman–Crippen LogP) is 4.11. The van der Waals surface area contributed by atoms with Crippen LogP contribution in [0.1, 0.15) is 23.1 Å². The summed E-state index contributed by atoms with van der Waals surface area (Å²) >= 11 is 0. The van der Waals surface area contributed by atoms with Crippen molar-refractivity contribution < 1.29 is 19.1 Å². The average molecular weight is 418 g/mol. The van der Waals surface area contributed by atoms with Crippen molar-refractivity contribution in [1.82, 2.24) is 0 Å². The van der Waals surface area contributed by atoms with Gasteiger partial charge >= 0.3 is 0 Å². The predicted molar refractivity (Wildman–Crippen MR) is 120 cm³/mol. The second-order valence-corrected chi connectivity index (χ2v) is 6.92. The van der Waals surface area contributed by atoms with Gasteiger partial charge in [-0.1, -0.05) is 59.8 Å². The van der Waals surface area contributed by atoms with Gasteiger partial charge in [-0.3, -0.25) is 4.79 Å². The molecule has 0 radical (unpaired) electrons. The molecule has 160 valence electrons. The molecular formula is C25H26N2O4. The fourth-order valence-electron chi connectivity index (χ4n) is 2.92. The van der Waals surface area contributed by atoms with E-state index >= 15 is 0 Å². The van der Waals surface area contributed by atoms with Gasteiger partial charge in [-0.2, -0.15) is 0 Å². The van der Waals surface area contributed by atoms with Crippen LogP contribution in [0.25, 0.3) is 0 Å². The van der Waals surface area contributed by atoms with Crippen LogP contribution in [0.3, 0.4) is 0 Å². The second-order valence-electron chi connectivity index (χ2n) is 6.92. The number of ether oxygens (including phenoxy) is 2. The van der Waals surface area contributed by atoms with Crippen LogP contribution in [0.2, 0.25) is 0 Å². The minimum Gasteiger partial charge on any atom is -0.489 e. The molecule has 31 heavy (non-hydrogen) atoms. The Morgan fingerprint density at radius 3 is 2.06 bits per heavy atom. The van der Waals surface area contributed by atoms with Gasteiger partial charge in [0.05, 0.1) is 0 Å². The molecular weight excluding hydrogens is 392 g/mol. The monoisotopic (exact) mass is 418 g/mol. The molecule has 0 heterocycles. The van der Waals surface area contributed by atoms with Crippen molar-refractivity contribution in [2.45, 2.75) is 19.4 Å². The molecule has 2 N–H and O–H groups in total. The molecule has 0 spiro atoms. The third kappa shape index (κ3) is 7.19. The Hall–Kier alpha value is -3.80. The summed E-state index contributed by atoms with van der Waals surface area (Å²) < 4.78 is 11.7. The van der Waals surface area contributed by atoms with Gasteiger partial charge in [0.2, 0.25) is 5.91 Å². The fraction of sp³-hybridized carbons (Fsp3) is 0.200. The number of nitrogens with zero attached hydrogens (tertiary/aromatic N) is 1. The Morgan fingerprint density at radius 1 is 0.839 bits per heavy atom. The molecule has 0 saturated carbocycles. The number of rotatable bonds is 11. The lowest BCUT2D eigenvalue weighted by molar-refractivity contribution is -0.117. The van der Waals surface area contributed by atoms with Crippen LogP contribution in [0.15, 0.2) is 84.0 Å². The van der Waals surface area contributed by atoms with E-state index < -0.39 is 0 Å². The SMILES string of the molecule is CO/N=C(\COc1ccc(COc2ccc(CCC(N)=O)cc2)cc1)c1ccccc1. The van der Waals surface area contributed by atoms with Crippen LogP contribution in [0.5, 0.6) is 11.5 Å². The number of aryl methyl sites for hydroxylation is 1. The molecule has 0 unspecified atom stereocenters. The highest BCUT2D eigenvalue weighted by atomic mass is 16.6. The number of hydrogen-bond acceptors (Lipinski definition) is 5. The summed E-state index contributed by atoms with van der Waals surface area (Å²) in [6, 6.07) is 25.2. The van der Waals surface area contributed by atoms with Crippen molar-refractivity contribution >= 4 is 11.6 Å². The maximum Gasteiger partial charge on any atom is 0.217 e. The maximum atomic E-state index is 10.9. The smallest absolute Gasteiger partial charge is 0.217 e. The highest BCUT2D eigenvalue weighted by Gasteiger charge is 2.06. The quantitative estimate of drug-likeness (QED) is 0.375. The van der Waals surface area contributed by atoms with Crippen molar-refractivity contribution in [2.75, 3.05) is 13.7 Å². The van der Waals surface area contributed by atoms with Crippen molar-refractivity contribution in [3.05, 3.63) is 95.6 Å². The minimum atomic E-state index is -0.296. The number of amides is 1. The molecule has 1 amide bonds. The van der Waals surface area contributed by atoms with Gasteiger partial charge in [0, 0.05) is 12.0 Å². The van der Waals surface area contributed by atoms with Crippen LogP contribution in [-0.2, 0) is 22.7 Å². The summed E-state index contributed by atoms with van der Waals surface area (Å²) in [6.45, 7) is 0.747. The number of primary amides is 1. The summed E-state index contributed by atoms with van der Waals surface area (Å²) in [4.78, 5) is 15.8. The maximum absolute atomic E-state index is 10.9. The molecule has 0 bridgehead atoms. The number of carbonyl (C=O) groups excluding carboxylic acids is 1. The molecule has 0 saturated heterocycles. The molecule has 0 aromatic heterocycles. The molecule has 0 atom stereocenters. The van der Waals surface area contributed by atoms with E-state index in [1.807, 2.05) is 78.9 Å². The van der Waals surface area contributed by atoms with Gasteiger partial charge in [-0.25, -0.2) is 0 Å². The topological polar surface area (TPSA) is 83.1 Å². The van der Waals surface area contributed by atoms with Crippen molar-refractivity contribution in [3.8, 4) is 11.5 Å². The number of carbonyl (C=O) groups is 1. The molecule has 0 fully saturated rings. The highest BCUT2D eigenvalue weighted by molar-refractivity contribution is 6.01. The Morgan fingerprint density at radius 2 is 1.45 bits per heavy atom. The van der Waals surface area contributed by atoms with Gasteiger partial charge in [-0.05, 0) is 41.8 Å². The minimum absolute atomic E-state index is 0.296. The number of hydrogen-bond donors (Lipinski definition) is 1. The number of oxime groups is 1. The van der Waals surface area contributed by atoms with Crippen LogP contribution >= 0.6 is 0 Å². The van der Waals surface area contributed by atoms with Gasteiger partial charge in [0.25, 0.3) is 0 Å². The van der Waals surface area contributed by atoms with Crippen molar-refractivity contribution in [3.63, 3.8) is 0 Å². The van der Waals surface area contributed by atoms with Crippen LogP contribution in [0.4, 0.5) is 0 Å². The van der Waals surface area contributed by atoms with E-state index in [-0.39, 0.29) is 5.91 Å². The lowest BCUT2D eigenvalue weighted by Gasteiger charge is -2.10. The number of benzene rings is 3. The standard InChI is InChI=1S/C25H26N2O4/c1-29-27-24(21-5-3-2-4-6-21)18-31-23-14-9-20(10-15-23)17-30-22-12-7-19(8-13-22)11-16-25(26)28/h2-10,12-15H,11,16-18H2,1H3,(H2,26,28)/b27-24+. The van der Waals surface area contributed by atoms with E-state index in [4.69, 9.17) is 20.0 Å². The molecule has 0 aliphatic rings. The van der Waals surface area contributed by atoms with E-state index in [9.17, 15) is 4.79 Å². The van der Waals surface area contributed by atoms with Gasteiger partial charge < -0.3 is 20.0 Å². The van der Waals surface area contributed by atoms with E-state index in [2.05, 4.69) is 5.16 Å². The van der Waals surface area contributed by atoms with Crippen molar-refractivity contribution in [2.24, 2.45) is 10.9 Å². The number of nitrogens with two attached hydrogens (primary N) is 1. The molecule has 3 aromatic rings. The fourth-order valence-corrected chi connectivity index (χ4v) is 2.92. The Labute approximate surface area is 182 Å². The van der Waals surface area contributed by atoms with E-state index in [0.29, 0.717) is 26.1 Å². The third-order valence-corrected chi connectivity index (χ3v) is 4.60. The second kappa shape index (κ2) is 11.4. The molecule has 6 nitrogen and oxygen atoms in total. The van der Waals surface area contributed by atoms with E-state index in [1.54, 1.807) is 0 Å². The zero-order chi connectivity index (χ0) is 21.9. The highest BCUT2D eigenvalue weighted by Crippen LogP contribution is 2.17. The Kier molecular flexibility index (Phi) is 8.05. The van der Waals surface area contributed by atoms with Gasteiger partial charge in [0.1, 0.15) is 37.5 Å².